The average molecular weight is 556 g/mol. The third-order valence-corrected chi connectivity index (χ3v) is 9.33. The lowest BCUT2D eigenvalue weighted by Gasteiger charge is -2.39. The van der Waals surface area contributed by atoms with Crippen molar-refractivity contribution in [2.24, 2.45) is 0 Å². The summed E-state index contributed by atoms with van der Waals surface area (Å²) in [7, 11) is 0. The Morgan fingerprint density at radius 3 is 2.07 bits per heavy atom. The second kappa shape index (κ2) is 11.1. The highest BCUT2D eigenvalue weighted by molar-refractivity contribution is 5.95. The fraction of sp³-hybridized carbons (Fsp3) is 0.143. The van der Waals surface area contributed by atoms with Gasteiger partial charge in [-0.15, -0.1) is 0 Å². The van der Waals surface area contributed by atoms with E-state index in [1.165, 1.54) is 50.3 Å². The maximum atomic E-state index is 4.74. The molecule has 1 aliphatic carbocycles. The van der Waals surface area contributed by atoms with Crippen molar-refractivity contribution in [3.63, 3.8) is 0 Å². The first-order valence-corrected chi connectivity index (χ1v) is 15.3. The van der Waals surface area contributed by atoms with Gasteiger partial charge in [0.05, 0.1) is 5.54 Å². The van der Waals surface area contributed by atoms with E-state index in [0.29, 0.717) is 0 Å². The minimum Gasteiger partial charge on any atom is -0.331 e. The van der Waals surface area contributed by atoms with Crippen LogP contribution in [0.15, 0.2) is 152 Å². The van der Waals surface area contributed by atoms with Crippen molar-refractivity contribution in [1.29, 1.82) is 0 Å². The number of rotatable bonds is 7. The first-order chi connectivity index (χ1) is 21.0. The van der Waals surface area contributed by atoms with Crippen LogP contribution in [0, 0.1) is 6.92 Å². The van der Waals surface area contributed by atoms with Gasteiger partial charge in [0.1, 0.15) is 0 Å². The molecule has 210 valence electrons. The molecule has 0 N–H and O–H groups in total. The van der Waals surface area contributed by atoms with Gasteiger partial charge >= 0.3 is 0 Å². The van der Waals surface area contributed by atoms with Crippen LogP contribution in [0.2, 0.25) is 0 Å². The molecule has 2 atom stereocenters. The number of nitrogens with zero attached hydrogens (tertiary/aromatic N) is 1. The molecule has 2 aliphatic rings. The molecule has 0 saturated heterocycles. The van der Waals surface area contributed by atoms with Crippen molar-refractivity contribution < 1.29 is 0 Å². The average Bonchev–Trinajstić information content (AvgIpc) is 3.32. The van der Waals surface area contributed by atoms with E-state index in [2.05, 4.69) is 164 Å². The molecular formula is C42H37N. The first kappa shape index (κ1) is 27.0. The van der Waals surface area contributed by atoms with Gasteiger partial charge in [0.15, 0.2) is 0 Å². The van der Waals surface area contributed by atoms with Gasteiger partial charge in [-0.3, -0.25) is 0 Å². The molecule has 0 bridgehead atoms. The molecule has 1 heterocycles. The van der Waals surface area contributed by atoms with Crippen molar-refractivity contribution >= 4 is 16.9 Å². The quantitative estimate of drug-likeness (QED) is 0.193. The lowest BCUT2D eigenvalue weighted by molar-refractivity contribution is 0.542. The Kier molecular flexibility index (Phi) is 6.95. The predicted octanol–water partition coefficient (Wildman–Crippen LogP) is 10.6. The van der Waals surface area contributed by atoms with Gasteiger partial charge < -0.3 is 4.90 Å². The molecular weight excluding hydrogens is 518 g/mol. The van der Waals surface area contributed by atoms with E-state index >= 15 is 0 Å². The third-order valence-electron chi connectivity index (χ3n) is 9.33. The second-order valence-electron chi connectivity index (χ2n) is 12.0. The van der Waals surface area contributed by atoms with Crippen molar-refractivity contribution in [2.45, 2.75) is 38.1 Å². The molecule has 1 heteroatoms. The monoisotopic (exact) mass is 555 g/mol. The minimum absolute atomic E-state index is 0.185. The number of hydrogen-bond acceptors (Lipinski definition) is 1. The topological polar surface area (TPSA) is 3.24 Å². The normalized spacial score (nSPS) is 18.4. The van der Waals surface area contributed by atoms with Crippen LogP contribution in [0.25, 0.3) is 16.7 Å². The van der Waals surface area contributed by atoms with Gasteiger partial charge in [-0.2, -0.15) is 0 Å². The fourth-order valence-corrected chi connectivity index (χ4v) is 7.07. The van der Waals surface area contributed by atoms with Crippen LogP contribution < -0.4 is 4.90 Å². The fourth-order valence-electron chi connectivity index (χ4n) is 7.07. The van der Waals surface area contributed by atoms with Gasteiger partial charge in [0, 0.05) is 17.3 Å². The van der Waals surface area contributed by atoms with Gasteiger partial charge in [-0.25, -0.2) is 0 Å². The maximum absolute atomic E-state index is 4.74. The van der Waals surface area contributed by atoms with E-state index in [4.69, 9.17) is 6.58 Å². The van der Waals surface area contributed by atoms with Crippen LogP contribution in [-0.2, 0) is 12.8 Å². The van der Waals surface area contributed by atoms with Crippen molar-refractivity contribution in [2.75, 3.05) is 4.90 Å². The summed E-state index contributed by atoms with van der Waals surface area (Å²) in [5.74, 6) is 0.185. The van der Waals surface area contributed by atoms with Crippen molar-refractivity contribution in [3.8, 4) is 11.1 Å². The molecule has 5 aromatic rings. The number of allylic oxidation sites excluding steroid dienone is 2. The van der Waals surface area contributed by atoms with Crippen LogP contribution >= 0.6 is 0 Å². The van der Waals surface area contributed by atoms with Crippen LogP contribution in [0.1, 0.15) is 46.2 Å². The Labute approximate surface area is 256 Å². The molecule has 7 rings (SSSR count). The number of hydrogen-bond donors (Lipinski definition) is 0. The first-order valence-electron chi connectivity index (χ1n) is 15.3. The lowest BCUT2D eigenvalue weighted by atomic mass is 9.76. The van der Waals surface area contributed by atoms with Gasteiger partial charge in [0.25, 0.3) is 0 Å². The molecule has 0 spiro atoms. The van der Waals surface area contributed by atoms with Crippen LogP contribution in [0.3, 0.4) is 0 Å². The molecule has 0 saturated carbocycles. The maximum Gasteiger partial charge on any atom is 0.0712 e. The number of anilines is 2. The predicted molar refractivity (Wildman–Crippen MR) is 183 cm³/mol. The summed E-state index contributed by atoms with van der Waals surface area (Å²) >= 11 is 0. The van der Waals surface area contributed by atoms with Crippen molar-refractivity contribution in [1.82, 2.24) is 0 Å². The summed E-state index contributed by atoms with van der Waals surface area (Å²) in [4.78, 5) is 2.55. The molecule has 0 fully saturated rings. The van der Waals surface area contributed by atoms with Gasteiger partial charge in [-0.05, 0) is 95.0 Å². The Bertz CT molecular complexity index is 1840. The highest BCUT2D eigenvalue weighted by atomic mass is 15.2. The van der Waals surface area contributed by atoms with E-state index < -0.39 is 0 Å². The Hall–Kier alpha value is -4.88. The number of aryl methyl sites for hydroxylation is 3. The standard InChI is InChI=1S/C42H37N/c1-30-14-10-11-19-36(30)37-27-28-39-41(40(37)31(2)34-17-8-5-9-18-34)38-20-12-13-29-42(38,3)43(39)35-25-23-33(24-26-35)22-21-32-15-6-4-7-16-32/h4-20,23-29,38H,2,21-22H2,1,3H3. The smallest absolute Gasteiger partial charge is 0.0712 e. The van der Waals surface area contributed by atoms with E-state index in [9.17, 15) is 0 Å². The highest BCUT2D eigenvalue weighted by Gasteiger charge is 2.48. The van der Waals surface area contributed by atoms with Crippen LogP contribution in [0.5, 0.6) is 0 Å². The summed E-state index contributed by atoms with van der Waals surface area (Å²) in [6.07, 6.45) is 11.3. The minimum atomic E-state index is -0.237. The Morgan fingerprint density at radius 1 is 0.698 bits per heavy atom. The number of benzene rings is 5. The van der Waals surface area contributed by atoms with Gasteiger partial charge in [-0.1, -0.05) is 134 Å². The zero-order valence-corrected chi connectivity index (χ0v) is 25.0. The Balaban J connectivity index is 1.37. The zero-order chi connectivity index (χ0) is 29.4. The number of fused-ring (bicyclic) bond motifs is 3. The summed E-state index contributed by atoms with van der Waals surface area (Å²) in [6.45, 7) is 9.33. The Morgan fingerprint density at radius 2 is 1.35 bits per heavy atom. The molecule has 1 aliphatic heterocycles. The van der Waals surface area contributed by atoms with Crippen LogP contribution in [-0.4, -0.2) is 5.54 Å². The largest absolute Gasteiger partial charge is 0.331 e. The van der Waals surface area contributed by atoms with Crippen molar-refractivity contribution in [3.05, 3.63) is 186 Å². The summed E-state index contributed by atoms with van der Waals surface area (Å²) in [6, 6.07) is 44.0. The molecule has 5 aromatic carbocycles. The highest BCUT2D eigenvalue weighted by Crippen LogP contribution is 2.57. The molecule has 0 amide bonds. The summed E-state index contributed by atoms with van der Waals surface area (Å²) in [5.41, 5.74) is 13.6. The molecule has 2 unspecified atom stereocenters. The zero-order valence-electron chi connectivity index (χ0n) is 25.0. The molecule has 0 radical (unpaired) electrons. The molecule has 43 heavy (non-hydrogen) atoms. The third kappa shape index (κ3) is 4.76. The second-order valence-corrected chi connectivity index (χ2v) is 12.0. The summed E-state index contributed by atoms with van der Waals surface area (Å²) in [5, 5.41) is 0. The van der Waals surface area contributed by atoms with E-state index in [-0.39, 0.29) is 11.5 Å². The van der Waals surface area contributed by atoms with Crippen LogP contribution in [0.4, 0.5) is 11.4 Å². The molecule has 0 aromatic heterocycles. The molecule has 1 nitrogen and oxygen atoms in total. The van der Waals surface area contributed by atoms with Gasteiger partial charge in [0.2, 0.25) is 0 Å². The van der Waals surface area contributed by atoms with E-state index in [0.717, 1.165) is 24.0 Å². The lowest BCUT2D eigenvalue weighted by Crippen LogP contribution is -2.42. The SMILES string of the molecule is C=C(c1ccccc1)c1c(-c2ccccc2C)ccc2c1C1C=CC=CC1(C)N2c1ccc(CCc2ccccc2)cc1. The van der Waals surface area contributed by atoms with E-state index in [1.54, 1.807) is 0 Å². The van der Waals surface area contributed by atoms with E-state index in [1.807, 2.05) is 0 Å². The summed E-state index contributed by atoms with van der Waals surface area (Å²) < 4.78 is 0.